The second kappa shape index (κ2) is 9.25. The summed E-state index contributed by atoms with van der Waals surface area (Å²) >= 11 is 6.12. The molecule has 150 valence electrons. The summed E-state index contributed by atoms with van der Waals surface area (Å²) < 4.78 is 12.1. The molecule has 0 saturated heterocycles. The number of imidazole rings is 1. The fourth-order valence-electron chi connectivity index (χ4n) is 2.75. The Morgan fingerprint density at radius 3 is 2.76 bits per heavy atom. The van der Waals surface area contributed by atoms with Crippen molar-refractivity contribution in [1.82, 2.24) is 14.3 Å². The van der Waals surface area contributed by atoms with E-state index < -0.39 is 5.97 Å². The lowest BCUT2D eigenvalue weighted by atomic mass is 10.2. The van der Waals surface area contributed by atoms with Gasteiger partial charge in [-0.05, 0) is 24.3 Å². The first-order valence-corrected chi connectivity index (χ1v) is 9.20. The molecule has 0 spiro atoms. The van der Waals surface area contributed by atoms with Crippen molar-refractivity contribution in [2.24, 2.45) is 0 Å². The number of nitrogens with zero attached hydrogens (tertiary/aromatic N) is 3. The summed E-state index contributed by atoms with van der Waals surface area (Å²) in [5.41, 5.74) is 2.08. The number of carbonyl (C=O) groups is 2. The van der Waals surface area contributed by atoms with Gasteiger partial charge in [-0.2, -0.15) is 0 Å². The molecule has 7 nitrogen and oxygen atoms in total. The Balaban J connectivity index is 1.56. The van der Waals surface area contributed by atoms with Crippen LogP contribution in [0.25, 0.3) is 11.7 Å². The van der Waals surface area contributed by atoms with E-state index in [0.717, 1.165) is 5.56 Å². The zero-order valence-corrected chi connectivity index (χ0v) is 16.8. The Labute approximate surface area is 173 Å². The first-order valence-electron chi connectivity index (χ1n) is 8.83. The summed E-state index contributed by atoms with van der Waals surface area (Å²) in [5.74, 6) is -0.284. The average Bonchev–Trinajstić information content (AvgIpc) is 3.05. The highest BCUT2D eigenvalue weighted by Crippen LogP contribution is 2.20. The van der Waals surface area contributed by atoms with Gasteiger partial charge in [0.05, 0.1) is 12.8 Å². The molecule has 2 heterocycles. The van der Waals surface area contributed by atoms with Gasteiger partial charge in [0.1, 0.15) is 11.4 Å². The van der Waals surface area contributed by atoms with E-state index in [2.05, 4.69) is 4.98 Å². The molecule has 1 aromatic carbocycles. The number of hydrogen-bond acceptors (Lipinski definition) is 5. The maximum absolute atomic E-state index is 12.3. The first kappa shape index (κ1) is 20.4. The van der Waals surface area contributed by atoms with Gasteiger partial charge in [0, 0.05) is 31.4 Å². The van der Waals surface area contributed by atoms with Crippen molar-refractivity contribution >= 4 is 35.2 Å². The number of benzene rings is 1. The second-order valence-corrected chi connectivity index (χ2v) is 6.58. The zero-order valence-electron chi connectivity index (χ0n) is 16.0. The van der Waals surface area contributed by atoms with E-state index >= 15 is 0 Å². The number of methoxy groups -OCH3 is 1. The molecule has 0 atom stereocenters. The van der Waals surface area contributed by atoms with Gasteiger partial charge in [0.2, 0.25) is 0 Å². The molecule has 3 rings (SSSR count). The molecule has 0 radical (unpaired) electrons. The van der Waals surface area contributed by atoms with Crippen LogP contribution in [-0.4, -0.2) is 46.9 Å². The Morgan fingerprint density at radius 1 is 1.21 bits per heavy atom. The lowest BCUT2D eigenvalue weighted by Crippen LogP contribution is -2.30. The molecular weight excluding hydrogens is 394 g/mol. The summed E-state index contributed by atoms with van der Waals surface area (Å²) in [5, 5.41) is 0.271. The van der Waals surface area contributed by atoms with Crippen LogP contribution in [0, 0.1) is 0 Å². The van der Waals surface area contributed by atoms with E-state index in [1.54, 1.807) is 30.8 Å². The number of fused-ring (bicyclic) bond motifs is 1. The fraction of sp³-hybridized carbons (Fsp3) is 0.190. The van der Waals surface area contributed by atoms with E-state index in [9.17, 15) is 9.59 Å². The lowest BCUT2D eigenvalue weighted by Gasteiger charge is -2.18. The number of hydrogen-bond donors (Lipinski definition) is 0. The monoisotopic (exact) mass is 413 g/mol. The van der Waals surface area contributed by atoms with Gasteiger partial charge in [-0.3, -0.25) is 9.20 Å². The highest BCUT2D eigenvalue weighted by atomic mass is 35.5. The number of carbonyl (C=O) groups excluding carboxylic acids is 2. The normalized spacial score (nSPS) is 11.0. The van der Waals surface area contributed by atoms with Crippen molar-refractivity contribution in [3.63, 3.8) is 0 Å². The second-order valence-electron chi connectivity index (χ2n) is 6.22. The molecule has 0 unspecified atom stereocenters. The van der Waals surface area contributed by atoms with Gasteiger partial charge in [0.25, 0.3) is 5.91 Å². The molecular formula is C21H20ClN3O4. The molecule has 3 aromatic rings. The van der Waals surface area contributed by atoms with Crippen LogP contribution < -0.4 is 4.74 Å². The predicted molar refractivity (Wildman–Crippen MR) is 110 cm³/mol. The van der Waals surface area contributed by atoms with Crippen molar-refractivity contribution < 1.29 is 19.1 Å². The summed E-state index contributed by atoms with van der Waals surface area (Å²) in [6, 6.07) is 12.9. The number of ether oxygens (including phenoxy) is 2. The van der Waals surface area contributed by atoms with Crippen molar-refractivity contribution in [2.75, 3.05) is 20.8 Å². The van der Waals surface area contributed by atoms with Crippen LogP contribution in [0.1, 0.15) is 11.3 Å². The fourth-order valence-corrected chi connectivity index (χ4v) is 2.99. The molecule has 1 amide bonds. The Kier molecular flexibility index (Phi) is 6.51. The average molecular weight is 414 g/mol. The minimum absolute atomic E-state index is 0.271. The van der Waals surface area contributed by atoms with Gasteiger partial charge < -0.3 is 14.4 Å². The van der Waals surface area contributed by atoms with E-state index in [4.69, 9.17) is 21.1 Å². The van der Waals surface area contributed by atoms with E-state index in [-0.39, 0.29) is 17.7 Å². The van der Waals surface area contributed by atoms with E-state index in [1.807, 2.05) is 36.4 Å². The third-order valence-electron chi connectivity index (χ3n) is 4.26. The van der Waals surface area contributed by atoms with Gasteiger partial charge in [-0.1, -0.05) is 35.9 Å². The van der Waals surface area contributed by atoms with Crippen LogP contribution >= 0.6 is 11.6 Å². The quantitative estimate of drug-likeness (QED) is 0.439. The maximum atomic E-state index is 12.3. The van der Waals surface area contributed by atoms with Crippen LogP contribution in [0.4, 0.5) is 0 Å². The van der Waals surface area contributed by atoms with Crippen LogP contribution in [0.15, 0.2) is 54.7 Å². The topological polar surface area (TPSA) is 73.1 Å². The highest BCUT2D eigenvalue weighted by Gasteiger charge is 2.14. The summed E-state index contributed by atoms with van der Waals surface area (Å²) in [7, 11) is 3.21. The highest BCUT2D eigenvalue weighted by molar-refractivity contribution is 6.31. The molecule has 0 bridgehead atoms. The van der Waals surface area contributed by atoms with E-state index in [1.165, 1.54) is 17.1 Å². The third-order valence-corrected chi connectivity index (χ3v) is 4.54. The van der Waals surface area contributed by atoms with Crippen molar-refractivity contribution in [1.29, 1.82) is 0 Å². The predicted octanol–water partition coefficient (Wildman–Crippen LogP) is 3.21. The van der Waals surface area contributed by atoms with Gasteiger partial charge in [0.15, 0.2) is 11.8 Å². The van der Waals surface area contributed by atoms with Crippen molar-refractivity contribution in [2.45, 2.75) is 6.54 Å². The SMILES string of the molecule is COc1ccccc1CN(C)C(=O)COC(=O)/C=C/c1c(Cl)nc2ccccn12. The lowest BCUT2D eigenvalue weighted by molar-refractivity contribution is -0.147. The minimum Gasteiger partial charge on any atom is -0.496 e. The zero-order chi connectivity index (χ0) is 20.8. The number of para-hydroxylation sites is 1. The number of pyridine rings is 1. The molecule has 0 N–H and O–H groups in total. The van der Waals surface area contributed by atoms with Crippen LogP contribution in [0.3, 0.4) is 0 Å². The number of amides is 1. The standard InChI is InChI=1S/C21H20ClN3O4/c1-24(13-15-7-3-4-8-17(15)28-2)19(26)14-29-20(27)11-10-16-21(22)23-18-9-5-6-12-25(16)18/h3-12H,13-14H2,1-2H3/b11-10+. The van der Waals surface area contributed by atoms with Crippen molar-refractivity contribution in [3.05, 3.63) is 71.1 Å². The molecule has 8 heteroatoms. The van der Waals surface area contributed by atoms with Gasteiger partial charge in [-0.15, -0.1) is 0 Å². The summed E-state index contributed by atoms with van der Waals surface area (Å²) in [4.78, 5) is 29.9. The number of likely N-dealkylation sites (N-methyl/N-ethyl adjacent to an activating group) is 1. The van der Waals surface area contributed by atoms with Crippen molar-refractivity contribution in [3.8, 4) is 5.75 Å². The largest absolute Gasteiger partial charge is 0.496 e. The molecule has 2 aromatic heterocycles. The first-order chi connectivity index (χ1) is 14.0. The minimum atomic E-state index is -0.647. The summed E-state index contributed by atoms with van der Waals surface area (Å²) in [6.45, 7) is -0.0244. The van der Waals surface area contributed by atoms with E-state index in [0.29, 0.717) is 23.6 Å². The third kappa shape index (κ3) is 4.94. The molecule has 0 aliphatic heterocycles. The number of rotatable bonds is 7. The molecule has 0 aliphatic carbocycles. The smallest absolute Gasteiger partial charge is 0.331 e. The number of aromatic nitrogens is 2. The van der Waals surface area contributed by atoms with Gasteiger partial charge in [-0.25, -0.2) is 9.78 Å². The van der Waals surface area contributed by atoms with Crippen LogP contribution in [0.2, 0.25) is 5.15 Å². The Morgan fingerprint density at radius 2 is 1.97 bits per heavy atom. The Bertz CT molecular complexity index is 1060. The maximum Gasteiger partial charge on any atom is 0.331 e. The van der Waals surface area contributed by atoms with Gasteiger partial charge >= 0.3 is 5.97 Å². The summed E-state index contributed by atoms with van der Waals surface area (Å²) in [6.07, 6.45) is 4.51. The number of esters is 1. The van der Waals surface area contributed by atoms with Crippen LogP contribution in [-0.2, 0) is 20.9 Å². The Hall–Kier alpha value is -3.32. The van der Waals surface area contributed by atoms with Crippen LogP contribution in [0.5, 0.6) is 5.75 Å². The number of halogens is 1. The molecule has 29 heavy (non-hydrogen) atoms. The molecule has 0 saturated carbocycles. The molecule has 0 aliphatic rings. The molecule has 0 fully saturated rings.